The Hall–Kier alpha value is -4.11. The van der Waals surface area contributed by atoms with Crippen LogP contribution in [0.2, 0.25) is 0 Å². The molecule has 4 aromatic rings. The van der Waals surface area contributed by atoms with Crippen LogP contribution in [0.1, 0.15) is 54.2 Å². The van der Waals surface area contributed by atoms with Gasteiger partial charge < -0.3 is 35.1 Å². The van der Waals surface area contributed by atoms with Gasteiger partial charge in [0.25, 0.3) is 5.91 Å². The highest BCUT2D eigenvalue weighted by Gasteiger charge is 2.47. The third-order valence-corrected chi connectivity index (χ3v) is 9.86. The van der Waals surface area contributed by atoms with Crippen LogP contribution >= 0.6 is 31.9 Å². The zero-order valence-corrected chi connectivity index (χ0v) is 32.4. The molecule has 2 aliphatic rings. The summed E-state index contributed by atoms with van der Waals surface area (Å²) in [5.41, 5.74) is 9.74. The lowest BCUT2D eigenvalue weighted by Gasteiger charge is -2.26. The maximum Gasteiger partial charge on any atom is 0.417 e. The van der Waals surface area contributed by atoms with Crippen molar-refractivity contribution < 1.29 is 38.4 Å². The Morgan fingerprint density at radius 2 is 1.26 bits per heavy atom. The lowest BCUT2D eigenvalue weighted by molar-refractivity contribution is -0.133. The van der Waals surface area contributed by atoms with Gasteiger partial charge in [0.2, 0.25) is 0 Å². The summed E-state index contributed by atoms with van der Waals surface area (Å²) in [5.74, 6) is -0.664. The molecule has 4 unspecified atom stereocenters. The molecule has 4 aromatic carbocycles. The van der Waals surface area contributed by atoms with Crippen molar-refractivity contribution in [3.63, 3.8) is 0 Å². The van der Waals surface area contributed by atoms with Crippen molar-refractivity contribution in [3.8, 4) is 0 Å². The summed E-state index contributed by atoms with van der Waals surface area (Å²) < 4.78 is 24.3. The van der Waals surface area contributed by atoms with E-state index in [1.54, 1.807) is 0 Å². The predicted molar refractivity (Wildman–Crippen MR) is 205 cm³/mol. The minimum atomic E-state index is -1.21. The number of nitrogens with zero attached hydrogens (tertiary/aromatic N) is 1. The number of aliphatic hydroxyl groups excluding tert-OH is 1. The van der Waals surface area contributed by atoms with Gasteiger partial charge in [0.15, 0.2) is 0 Å². The molecule has 6 atom stereocenters. The van der Waals surface area contributed by atoms with Crippen LogP contribution in [0.3, 0.4) is 0 Å². The molecule has 2 fully saturated rings. The average molecular weight is 854 g/mol. The second-order valence-electron chi connectivity index (χ2n) is 12.7. The molecular formula is C40H43Br2N3O8. The van der Waals surface area contributed by atoms with Crippen molar-refractivity contribution in [1.82, 2.24) is 10.2 Å². The highest BCUT2D eigenvalue weighted by Crippen LogP contribution is 2.36. The third kappa shape index (κ3) is 11.4. The Morgan fingerprint density at radius 3 is 1.77 bits per heavy atom. The zero-order chi connectivity index (χ0) is 37.7. The first-order valence-corrected chi connectivity index (χ1v) is 18.9. The van der Waals surface area contributed by atoms with Crippen molar-refractivity contribution in [2.75, 3.05) is 13.2 Å². The molecule has 0 spiro atoms. The predicted octanol–water partition coefficient (Wildman–Crippen LogP) is 7.36. The molecule has 2 aliphatic heterocycles. The number of nitrogens with two attached hydrogens (primary N) is 1. The lowest BCUT2D eigenvalue weighted by Crippen LogP contribution is -2.52. The summed E-state index contributed by atoms with van der Waals surface area (Å²) in [7, 11) is 0. The Morgan fingerprint density at radius 1 is 0.774 bits per heavy atom. The number of aliphatic hydroxyl groups is 1. The van der Waals surface area contributed by atoms with Crippen molar-refractivity contribution in [3.05, 3.63) is 140 Å². The monoisotopic (exact) mass is 851 g/mol. The molecule has 0 aromatic heterocycles. The van der Waals surface area contributed by atoms with Crippen LogP contribution in [-0.2, 0) is 37.0 Å². The van der Waals surface area contributed by atoms with E-state index in [1.807, 2.05) is 109 Å². The number of benzene rings is 4. The first-order chi connectivity index (χ1) is 25.6. The van der Waals surface area contributed by atoms with Crippen LogP contribution < -0.4 is 11.1 Å². The molecule has 4 N–H and O–H groups in total. The first kappa shape index (κ1) is 40.1. The van der Waals surface area contributed by atoms with E-state index >= 15 is 0 Å². The second kappa shape index (κ2) is 19.8. The number of hydrogen-bond acceptors (Lipinski definition) is 9. The number of amides is 3. The van der Waals surface area contributed by atoms with Crippen LogP contribution in [0.4, 0.5) is 9.59 Å². The smallest absolute Gasteiger partial charge is 0.417 e. The van der Waals surface area contributed by atoms with E-state index in [0.29, 0.717) is 39.3 Å². The van der Waals surface area contributed by atoms with Gasteiger partial charge in [-0.2, -0.15) is 0 Å². The van der Waals surface area contributed by atoms with Crippen LogP contribution in [0, 0.1) is 0 Å². The summed E-state index contributed by atoms with van der Waals surface area (Å²) >= 11 is 6.80. The van der Waals surface area contributed by atoms with Gasteiger partial charge in [-0.05, 0) is 66.3 Å². The highest BCUT2D eigenvalue weighted by molar-refractivity contribution is 9.10. The Balaban J connectivity index is 0.000000211. The van der Waals surface area contributed by atoms with E-state index in [4.69, 9.17) is 24.7 Å². The fourth-order valence-electron chi connectivity index (χ4n) is 5.94. The molecule has 3 amide bonds. The fourth-order valence-corrected chi connectivity index (χ4v) is 6.46. The standard InChI is InChI=1S/C22H25BrN2O5.C18H18BrNO3/c1-14(26)19(24)21(27)25-18(11-12-29-13-15-5-3-2-4-6-15)20(30-22(25)28)16-7-9-17(23)10-8-16;19-15-8-6-14(7-9-15)17-16(20-18(21)23-17)10-11-22-12-13-4-2-1-3-5-13/h2-10,14,18-20,26H,11-13,24H2,1H3;1-9,16-17H,10-12H2,(H,20,21)/t14-,18?,19-,20?;/m0./s1. The number of imide groups is 1. The molecule has 2 saturated heterocycles. The summed E-state index contributed by atoms with van der Waals surface area (Å²) in [4.78, 5) is 37.9. The van der Waals surface area contributed by atoms with Gasteiger partial charge >= 0.3 is 12.2 Å². The van der Waals surface area contributed by atoms with E-state index < -0.39 is 36.3 Å². The Kier molecular flexibility index (Phi) is 15.0. The quantitative estimate of drug-likeness (QED) is 0.111. The Bertz CT molecular complexity index is 1760. The van der Waals surface area contributed by atoms with Gasteiger partial charge in [0.05, 0.1) is 31.4 Å². The molecule has 13 heteroatoms. The number of cyclic esters (lactones) is 2. The molecule has 0 aliphatic carbocycles. The number of carbonyl (C=O) groups is 3. The number of halogens is 2. The third-order valence-electron chi connectivity index (χ3n) is 8.80. The summed E-state index contributed by atoms with van der Waals surface area (Å²) in [5, 5.41) is 12.6. The van der Waals surface area contributed by atoms with Gasteiger partial charge in [0, 0.05) is 22.2 Å². The van der Waals surface area contributed by atoms with Crippen LogP contribution in [0.15, 0.2) is 118 Å². The van der Waals surface area contributed by atoms with Gasteiger partial charge in [0.1, 0.15) is 18.2 Å². The van der Waals surface area contributed by atoms with Gasteiger partial charge in [-0.1, -0.05) is 117 Å². The number of rotatable bonds is 14. The van der Waals surface area contributed by atoms with E-state index in [-0.39, 0.29) is 18.2 Å². The van der Waals surface area contributed by atoms with E-state index in [2.05, 4.69) is 37.2 Å². The van der Waals surface area contributed by atoms with Crippen LogP contribution in [0.25, 0.3) is 0 Å². The second-order valence-corrected chi connectivity index (χ2v) is 14.5. The SMILES string of the molecule is C[C@H](O)[C@H](N)C(=O)N1C(=O)OC(c2ccc(Br)cc2)C1CCOCc1ccccc1.O=C1NC(CCOCc2ccccc2)C(c2ccc(Br)cc2)O1. The van der Waals surface area contributed by atoms with Gasteiger partial charge in [-0.15, -0.1) is 0 Å². The van der Waals surface area contributed by atoms with Crippen LogP contribution in [0.5, 0.6) is 0 Å². The van der Waals surface area contributed by atoms with Gasteiger partial charge in [-0.3, -0.25) is 4.79 Å². The molecule has 0 saturated carbocycles. The van der Waals surface area contributed by atoms with Crippen LogP contribution in [-0.4, -0.2) is 65.5 Å². The number of ether oxygens (including phenoxy) is 4. The number of carbonyl (C=O) groups excluding carboxylic acids is 3. The molecule has 2 heterocycles. The molecule has 6 rings (SSSR count). The minimum Gasteiger partial charge on any atom is -0.439 e. The van der Waals surface area contributed by atoms with Crippen molar-refractivity contribution in [2.45, 2.75) is 69.4 Å². The zero-order valence-electron chi connectivity index (χ0n) is 29.2. The molecule has 53 heavy (non-hydrogen) atoms. The van der Waals surface area contributed by atoms with E-state index in [9.17, 15) is 19.5 Å². The molecule has 11 nitrogen and oxygen atoms in total. The average Bonchev–Trinajstić information content (AvgIpc) is 3.71. The van der Waals surface area contributed by atoms with E-state index in [1.165, 1.54) is 6.92 Å². The Labute approximate surface area is 326 Å². The molecule has 0 bridgehead atoms. The minimum absolute atomic E-state index is 0.0700. The summed E-state index contributed by atoms with van der Waals surface area (Å²) in [6.45, 7) is 3.29. The largest absolute Gasteiger partial charge is 0.439 e. The molecule has 280 valence electrons. The highest BCUT2D eigenvalue weighted by atomic mass is 79.9. The number of nitrogens with one attached hydrogen (secondary N) is 1. The van der Waals surface area contributed by atoms with Crippen molar-refractivity contribution in [2.24, 2.45) is 5.73 Å². The van der Waals surface area contributed by atoms with E-state index in [0.717, 1.165) is 36.1 Å². The normalized spacial score (nSPS) is 20.4. The number of hydrogen-bond donors (Lipinski definition) is 3. The molecular weight excluding hydrogens is 810 g/mol. The van der Waals surface area contributed by atoms with Gasteiger partial charge in [-0.25, -0.2) is 14.5 Å². The maximum absolute atomic E-state index is 12.8. The number of alkyl carbamates (subject to hydrolysis) is 1. The topological polar surface area (TPSA) is 150 Å². The summed E-state index contributed by atoms with van der Waals surface area (Å²) in [6, 6.07) is 33.1. The molecule has 0 radical (unpaired) electrons. The lowest BCUT2D eigenvalue weighted by atomic mass is 9.99. The summed E-state index contributed by atoms with van der Waals surface area (Å²) in [6.07, 6.45) is -2.06. The van der Waals surface area contributed by atoms with Crippen molar-refractivity contribution >= 4 is 50.0 Å². The van der Waals surface area contributed by atoms with Crippen molar-refractivity contribution in [1.29, 1.82) is 0 Å². The first-order valence-electron chi connectivity index (χ1n) is 17.3. The maximum atomic E-state index is 12.8. The fraction of sp³-hybridized carbons (Fsp3) is 0.325.